The number of aryl methyl sites for hydroxylation is 2. The Kier molecular flexibility index (Phi) is 6.46. The molecule has 7 heteroatoms. The highest BCUT2D eigenvalue weighted by molar-refractivity contribution is 6.35. The molecule has 3 aromatic rings. The zero-order valence-electron chi connectivity index (χ0n) is 21.5. The second-order valence-electron chi connectivity index (χ2n) is 9.95. The van der Waals surface area contributed by atoms with Crippen molar-refractivity contribution in [2.24, 2.45) is 5.92 Å². The van der Waals surface area contributed by atoms with Crippen LogP contribution in [-0.2, 0) is 0 Å². The van der Waals surface area contributed by atoms with Gasteiger partial charge >= 0.3 is 0 Å². The highest BCUT2D eigenvalue weighted by Gasteiger charge is 2.38. The summed E-state index contributed by atoms with van der Waals surface area (Å²) in [6, 6.07) is 15.8. The lowest BCUT2D eigenvalue weighted by Gasteiger charge is -2.24. The fourth-order valence-corrected chi connectivity index (χ4v) is 4.79. The predicted octanol–water partition coefficient (Wildman–Crippen LogP) is 5.39. The summed E-state index contributed by atoms with van der Waals surface area (Å²) < 4.78 is 11.6. The summed E-state index contributed by atoms with van der Waals surface area (Å²) in [5, 5.41) is 3.10. The third-order valence-corrected chi connectivity index (χ3v) is 6.84. The molecule has 0 aromatic heterocycles. The number of rotatable bonds is 5. The topological polar surface area (TPSA) is 84.9 Å². The van der Waals surface area contributed by atoms with E-state index < -0.39 is 5.91 Å². The second-order valence-corrected chi connectivity index (χ2v) is 9.95. The van der Waals surface area contributed by atoms with Crippen LogP contribution in [0.1, 0.15) is 74.1 Å². The maximum atomic E-state index is 13.3. The van der Waals surface area contributed by atoms with Gasteiger partial charge in [0.05, 0.1) is 36.1 Å². The van der Waals surface area contributed by atoms with Crippen molar-refractivity contribution in [3.63, 3.8) is 0 Å². The molecule has 0 saturated carbocycles. The van der Waals surface area contributed by atoms with E-state index in [1.54, 1.807) is 12.1 Å². The summed E-state index contributed by atoms with van der Waals surface area (Å²) >= 11 is 0. The average molecular weight is 499 g/mol. The summed E-state index contributed by atoms with van der Waals surface area (Å²) in [5.74, 6) is 0.332. The van der Waals surface area contributed by atoms with Gasteiger partial charge in [-0.25, -0.2) is 4.90 Å². The van der Waals surface area contributed by atoms with Crippen molar-refractivity contribution < 1.29 is 23.9 Å². The average Bonchev–Trinajstić information content (AvgIpc) is 3.02. The lowest BCUT2D eigenvalue weighted by atomic mass is 9.95. The van der Waals surface area contributed by atoms with Crippen LogP contribution in [0.3, 0.4) is 0 Å². The minimum Gasteiger partial charge on any atom is -0.490 e. The van der Waals surface area contributed by atoms with Crippen LogP contribution in [0.25, 0.3) is 0 Å². The number of imide groups is 1. The van der Waals surface area contributed by atoms with Crippen molar-refractivity contribution >= 4 is 23.4 Å². The van der Waals surface area contributed by atoms with Crippen molar-refractivity contribution in [3.8, 4) is 11.5 Å². The number of nitrogens with one attached hydrogen (secondary N) is 1. The van der Waals surface area contributed by atoms with E-state index in [-0.39, 0.29) is 29.3 Å². The molecule has 0 spiro atoms. The van der Waals surface area contributed by atoms with Gasteiger partial charge in [0, 0.05) is 12.0 Å². The van der Waals surface area contributed by atoms with Gasteiger partial charge in [-0.05, 0) is 72.9 Å². The largest absolute Gasteiger partial charge is 0.490 e. The van der Waals surface area contributed by atoms with Crippen molar-refractivity contribution in [1.82, 2.24) is 5.32 Å². The monoisotopic (exact) mass is 498 g/mol. The quantitative estimate of drug-likeness (QED) is 0.477. The molecule has 0 saturated heterocycles. The number of anilines is 1. The number of fused-ring (bicyclic) bond motifs is 2. The molecule has 3 aromatic carbocycles. The van der Waals surface area contributed by atoms with Crippen LogP contribution in [0.2, 0.25) is 0 Å². The molecule has 3 amide bonds. The number of carbonyl (C=O) groups is 3. The van der Waals surface area contributed by atoms with Crippen LogP contribution < -0.4 is 19.7 Å². The van der Waals surface area contributed by atoms with Gasteiger partial charge in [0.25, 0.3) is 17.7 Å². The molecule has 0 radical (unpaired) electrons. The molecule has 1 unspecified atom stereocenters. The Hall–Kier alpha value is -4.13. The maximum absolute atomic E-state index is 13.3. The molecule has 5 rings (SSSR count). The smallest absolute Gasteiger partial charge is 0.266 e. The summed E-state index contributed by atoms with van der Waals surface area (Å²) in [6.07, 6.45) is 0.814. The Morgan fingerprint density at radius 3 is 2.35 bits per heavy atom. The summed E-state index contributed by atoms with van der Waals surface area (Å²) in [4.78, 5) is 41.0. The minimum absolute atomic E-state index is 0.0890. The van der Waals surface area contributed by atoms with E-state index in [1.165, 1.54) is 11.0 Å². The third-order valence-electron chi connectivity index (χ3n) is 6.84. The molecule has 2 heterocycles. The normalized spacial score (nSPS) is 15.4. The zero-order valence-corrected chi connectivity index (χ0v) is 21.5. The first-order valence-corrected chi connectivity index (χ1v) is 12.5. The van der Waals surface area contributed by atoms with Crippen LogP contribution >= 0.6 is 0 Å². The molecular weight excluding hydrogens is 468 g/mol. The molecule has 7 nitrogen and oxygen atoms in total. The first-order chi connectivity index (χ1) is 17.7. The first-order valence-electron chi connectivity index (χ1n) is 12.5. The number of ether oxygens (including phenoxy) is 2. The van der Waals surface area contributed by atoms with Gasteiger partial charge in [-0.3, -0.25) is 14.4 Å². The Balaban J connectivity index is 1.41. The number of benzene rings is 3. The van der Waals surface area contributed by atoms with E-state index >= 15 is 0 Å². The van der Waals surface area contributed by atoms with E-state index in [9.17, 15) is 14.4 Å². The molecular formula is C30H30N2O5. The van der Waals surface area contributed by atoms with E-state index in [1.807, 2.05) is 64.1 Å². The second kappa shape index (κ2) is 9.73. The SMILES string of the molecule is Cc1ccc(C)c(N2C(=O)c3ccc(C(=O)NC(c4ccc5c(c4)OCCCO5)C(C)C)cc3C2=O)c1. The molecule has 0 aliphatic carbocycles. The molecule has 0 fully saturated rings. The van der Waals surface area contributed by atoms with Gasteiger partial charge in [-0.2, -0.15) is 0 Å². The summed E-state index contributed by atoms with van der Waals surface area (Å²) in [5.41, 5.74) is 4.09. The van der Waals surface area contributed by atoms with Gasteiger partial charge < -0.3 is 14.8 Å². The number of hydrogen-bond donors (Lipinski definition) is 1. The standard InChI is InChI=1S/C30H30N2O5/c1-17(2)27(20-9-11-25-26(16-20)37-13-5-12-36-25)31-28(33)21-8-10-22-23(15-21)30(35)32(29(22)34)24-14-18(3)6-7-19(24)4/h6-11,14-17,27H,5,12-13H2,1-4H3,(H,31,33). The molecule has 2 aliphatic heterocycles. The molecule has 1 N–H and O–H groups in total. The first kappa shape index (κ1) is 24.6. The minimum atomic E-state index is -0.424. The van der Waals surface area contributed by atoms with Gasteiger partial charge in [-0.1, -0.05) is 32.0 Å². The van der Waals surface area contributed by atoms with Gasteiger partial charge in [0.1, 0.15) is 0 Å². The highest BCUT2D eigenvalue weighted by Crippen LogP contribution is 2.35. The van der Waals surface area contributed by atoms with Crippen LogP contribution in [0.4, 0.5) is 5.69 Å². The van der Waals surface area contributed by atoms with Crippen LogP contribution in [0.15, 0.2) is 54.6 Å². The summed E-state index contributed by atoms with van der Waals surface area (Å²) in [7, 11) is 0. The fraction of sp³-hybridized carbons (Fsp3) is 0.300. The van der Waals surface area contributed by atoms with E-state index in [2.05, 4.69) is 5.32 Å². The number of amides is 3. The Bertz CT molecular complexity index is 1410. The number of hydrogen-bond acceptors (Lipinski definition) is 5. The van der Waals surface area contributed by atoms with E-state index in [0.717, 1.165) is 23.1 Å². The molecule has 1 atom stereocenters. The van der Waals surface area contributed by atoms with Crippen LogP contribution in [-0.4, -0.2) is 30.9 Å². The fourth-order valence-electron chi connectivity index (χ4n) is 4.79. The van der Waals surface area contributed by atoms with E-state index in [0.29, 0.717) is 41.5 Å². The maximum Gasteiger partial charge on any atom is 0.266 e. The lowest BCUT2D eigenvalue weighted by Crippen LogP contribution is -2.32. The van der Waals surface area contributed by atoms with E-state index in [4.69, 9.17) is 9.47 Å². The van der Waals surface area contributed by atoms with Crippen molar-refractivity contribution in [1.29, 1.82) is 0 Å². The molecule has 37 heavy (non-hydrogen) atoms. The Labute approximate surface area is 216 Å². The zero-order chi connectivity index (χ0) is 26.3. The summed E-state index contributed by atoms with van der Waals surface area (Å²) in [6.45, 7) is 9.02. The third kappa shape index (κ3) is 4.57. The van der Waals surface area contributed by atoms with Crippen LogP contribution in [0.5, 0.6) is 11.5 Å². The number of nitrogens with zero attached hydrogens (tertiary/aromatic N) is 1. The molecule has 0 bridgehead atoms. The predicted molar refractivity (Wildman–Crippen MR) is 141 cm³/mol. The van der Waals surface area contributed by atoms with Crippen molar-refractivity contribution in [2.45, 2.75) is 40.2 Å². The highest BCUT2D eigenvalue weighted by atomic mass is 16.5. The number of carbonyl (C=O) groups excluding carboxylic acids is 3. The van der Waals surface area contributed by atoms with Gasteiger partial charge in [0.2, 0.25) is 0 Å². The van der Waals surface area contributed by atoms with Crippen LogP contribution in [0, 0.1) is 19.8 Å². The Morgan fingerprint density at radius 1 is 0.865 bits per heavy atom. The Morgan fingerprint density at radius 2 is 1.59 bits per heavy atom. The van der Waals surface area contributed by atoms with Gasteiger partial charge in [-0.15, -0.1) is 0 Å². The van der Waals surface area contributed by atoms with Crippen molar-refractivity contribution in [3.05, 3.63) is 88.0 Å². The molecule has 190 valence electrons. The van der Waals surface area contributed by atoms with Gasteiger partial charge in [0.15, 0.2) is 11.5 Å². The lowest BCUT2D eigenvalue weighted by molar-refractivity contribution is 0.0917. The van der Waals surface area contributed by atoms with Crippen molar-refractivity contribution in [2.75, 3.05) is 18.1 Å². The molecule has 2 aliphatic rings.